The van der Waals surface area contributed by atoms with E-state index < -0.39 is 0 Å². The number of benzene rings is 1. The predicted molar refractivity (Wildman–Crippen MR) is 74.7 cm³/mol. The average molecular weight is 276 g/mol. The number of hydrogen-bond donors (Lipinski definition) is 3. The monoisotopic (exact) mass is 276 g/mol. The lowest BCUT2D eigenvalue weighted by molar-refractivity contribution is 0.0711. The second-order valence-electron chi connectivity index (χ2n) is 5.75. The van der Waals surface area contributed by atoms with E-state index in [9.17, 15) is 15.0 Å². The van der Waals surface area contributed by atoms with Crippen molar-refractivity contribution in [1.82, 2.24) is 10.2 Å². The number of hydrogen-bond acceptors (Lipinski definition) is 4. The number of nitrogens with zero attached hydrogens (tertiary/aromatic N) is 1. The lowest BCUT2D eigenvalue weighted by Gasteiger charge is -2.27. The van der Waals surface area contributed by atoms with Crippen LogP contribution >= 0.6 is 0 Å². The van der Waals surface area contributed by atoms with E-state index in [0.29, 0.717) is 17.4 Å². The van der Waals surface area contributed by atoms with Gasteiger partial charge >= 0.3 is 0 Å². The fourth-order valence-electron chi connectivity index (χ4n) is 3.66. The van der Waals surface area contributed by atoms with E-state index in [1.54, 1.807) is 0 Å². The first-order valence-electron chi connectivity index (χ1n) is 7.15. The van der Waals surface area contributed by atoms with Gasteiger partial charge in [0.2, 0.25) is 0 Å². The van der Waals surface area contributed by atoms with Crippen molar-refractivity contribution in [2.75, 3.05) is 19.6 Å². The number of likely N-dealkylation sites (tertiary alicyclic amines) is 1. The molecule has 2 fully saturated rings. The summed E-state index contributed by atoms with van der Waals surface area (Å²) in [5, 5.41) is 22.4. The number of aromatic hydroxyl groups is 2. The van der Waals surface area contributed by atoms with Gasteiger partial charge in [-0.05, 0) is 30.4 Å². The summed E-state index contributed by atoms with van der Waals surface area (Å²) in [7, 11) is 0. The molecule has 0 saturated carbocycles. The number of fused-ring (bicyclic) bond motifs is 1. The highest BCUT2D eigenvalue weighted by atomic mass is 16.3. The van der Waals surface area contributed by atoms with Gasteiger partial charge in [0.25, 0.3) is 5.91 Å². The Labute approximate surface area is 118 Å². The van der Waals surface area contributed by atoms with Gasteiger partial charge in [-0.25, -0.2) is 0 Å². The standard InChI is InChI=1S/C15H20N2O3/c1-2-14-13-7-16-6-10(13)8-17(14)15(20)9-3-11(18)5-12(19)4-9/h3-5,10,13-14,16,18-19H,2,6-8H2,1H3. The van der Waals surface area contributed by atoms with Crippen LogP contribution < -0.4 is 5.32 Å². The first kappa shape index (κ1) is 13.2. The summed E-state index contributed by atoms with van der Waals surface area (Å²) in [6, 6.07) is 4.31. The van der Waals surface area contributed by atoms with Crippen molar-refractivity contribution in [3.05, 3.63) is 23.8 Å². The van der Waals surface area contributed by atoms with Crippen LogP contribution in [0, 0.1) is 11.8 Å². The van der Waals surface area contributed by atoms with Gasteiger partial charge < -0.3 is 20.4 Å². The smallest absolute Gasteiger partial charge is 0.254 e. The van der Waals surface area contributed by atoms with Gasteiger partial charge in [-0.15, -0.1) is 0 Å². The van der Waals surface area contributed by atoms with Crippen LogP contribution in [-0.2, 0) is 0 Å². The molecule has 3 N–H and O–H groups in total. The molecule has 3 rings (SSSR count). The maximum Gasteiger partial charge on any atom is 0.254 e. The number of phenols is 2. The normalized spacial score (nSPS) is 28.6. The Hall–Kier alpha value is -1.75. The van der Waals surface area contributed by atoms with Gasteiger partial charge in [0.1, 0.15) is 11.5 Å². The van der Waals surface area contributed by atoms with Gasteiger partial charge in [-0.2, -0.15) is 0 Å². The fourth-order valence-corrected chi connectivity index (χ4v) is 3.66. The molecule has 5 nitrogen and oxygen atoms in total. The highest BCUT2D eigenvalue weighted by Gasteiger charge is 2.45. The van der Waals surface area contributed by atoms with Gasteiger partial charge in [-0.1, -0.05) is 6.92 Å². The molecule has 108 valence electrons. The molecule has 2 aliphatic heterocycles. The Bertz CT molecular complexity index is 512. The van der Waals surface area contributed by atoms with Crippen molar-refractivity contribution in [3.63, 3.8) is 0 Å². The molecule has 1 aromatic rings. The zero-order valence-corrected chi connectivity index (χ0v) is 11.5. The second-order valence-corrected chi connectivity index (χ2v) is 5.75. The summed E-state index contributed by atoms with van der Waals surface area (Å²) < 4.78 is 0. The molecule has 20 heavy (non-hydrogen) atoms. The first-order valence-corrected chi connectivity index (χ1v) is 7.15. The number of carbonyl (C=O) groups is 1. The highest BCUT2D eigenvalue weighted by Crippen LogP contribution is 2.35. The molecule has 0 aromatic heterocycles. The Morgan fingerprint density at radius 3 is 2.65 bits per heavy atom. The zero-order chi connectivity index (χ0) is 14.3. The maximum atomic E-state index is 12.6. The zero-order valence-electron chi connectivity index (χ0n) is 11.5. The van der Waals surface area contributed by atoms with Crippen LogP contribution in [0.3, 0.4) is 0 Å². The topological polar surface area (TPSA) is 72.8 Å². The first-order chi connectivity index (χ1) is 9.60. The molecule has 2 saturated heterocycles. The second kappa shape index (κ2) is 4.98. The van der Waals surface area contributed by atoms with Gasteiger partial charge in [0, 0.05) is 37.3 Å². The summed E-state index contributed by atoms with van der Waals surface area (Å²) in [6.07, 6.45) is 0.930. The summed E-state index contributed by atoms with van der Waals surface area (Å²) >= 11 is 0. The van der Waals surface area contributed by atoms with Crippen molar-refractivity contribution in [1.29, 1.82) is 0 Å². The quantitative estimate of drug-likeness (QED) is 0.758. The van der Waals surface area contributed by atoms with Crippen molar-refractivity contribution >= 4 is 5.91 Å². The van der Waals surface area contributed by atoms with Crippen LogP contribution in [0.25, 0.3) is 0 Å². The predicted octanol–water partition coefficient (Wildman–Crippen LogP) is 1.17. The molecular formula is C15H20N2O3. The SMILES string of the molecule is CCC1C2CNCC2CN1C(=O)c1cc(O)cc(O)c1. The molecule has 1 amide bonds. The molecular weight excluding hydrogens is 256 g/mol. The Morgan fingerprint density at radius 2 is 2.00 bits per heavy atom. The Morgan fingerprint density at radius 1 is 1.30 bits per heavy atom. The lowest BCUT2D eigenvalue weighted by atomic mass is 9.93. The number of rotatable bonds is 2. The summed E-state index contributed by atoms with van der Waals surface area (Å²) in [6.45, 7) is 4.80. The number of nitrogens with one attached hydrogen (secondary N) is 1. The third-order valence-electron chi connectivity index (χ3n) is 4.55. The Balaban J connectivity index is 1.86. The van der Waals surface area contributed by atoms with Crippen molar-refractivity contribution in [3.8, 4) is 11.5 Å². The lowest BCUT2D eigenvalue weighted by Crippen LogP contribution is -2.39. The summed E-state index contributed by atoms with van der Waals surface area (Å²) in [5.41, 5.74) is 0.355. The van der Waals surface area contributed by atoms with Gasteiger partial charge in [-0.3, -0.25) is 4.79 Å². The fraction of sp³-hybridized carbons (Fsp3) is 0.533. The van der Waals surface area contributed by atoms with Gasteiger partial charge in [0.05, 0.1) is 0 Å². The molecule has 2 heterocycles. The Kier molecular flexibility index (Phi) is 3.30. The van der Waals surface area contributed by atoms with Crippen molar-refractivity contribution in [2.45, 2.75) is 19.4 Å². The van der Waals surface area contributed by atoms with E-state index in [2.05, 4.69) is 12.2 Å². The van der Waals surface area contributed by atoms with Crippen LogP contribution in [0.4, 0.5) is 0 Å². The minimum atomic E-state index is -0.0996. The average Bonchev–Trinajstić information content (AvgIpc) is 2.96. The maximum absolute atomic E-state index is 12.6. The molecule has 5 heteroatoms. The van der Waals surface area contributed by atoms with E-state index in [1.807, 2.05) is 4.90 Å². The molecule has 3 atom stereocenters. The highest BCUT2D eigenvalue weighted by molar-refractivity contribution is 5.95. The van der Waals surface area contributed by atoms with Crippen molar-refractivity contribution < 1.29 is 15.0 Å². The van der Waals surface area contributed by atoms with E-state index in [-0.39, 0.29) is 23.4 Å². The number of amides is 1. The van der Waals surface area contributed by atoms with E-state index >= 15 is 0 Å². The molecule has 0 bridgehead atoms. The van der Waals surface area contributed by atoms with E-state index in [4.69, 9.17) is 0 Å². The molecule has 3 unspecified atom stereocenters. The number of carbonyl (C=O) groups excluding carboxylic acids is 1. The van der Waals surface area contributed by atoms with Crippen LogP contribution in [0.15, 0.2) is 18.2 Å². The third-order valence-corrected chi connectivity index (χ3v) is 4.55. The van der Waals surface area contributed by atoms with Crippen LogP contribution in [0.5, 0.6) is 11.5 Å². The van der Waals surface area contributed by atoms with E-state index in [0.717, 1.165) is 26.1 Å². The van der Waals surface area contributed by atoms with Crippen LogP contribution in [0.2, 0.25) is 0 Å². The van der Waals surface area contributed by atoms with Gasteiger partial charge in [0.15, 0.2) is 0 Å². The molecule has 0 aliphatic carbocycles. The number of phenolic OH excluding ortho intramolecular Hbond substituents is 2. The van der Waals surface area contributed by atoms with Crippen LogP contribution in [0.1, 0.15) is 23.7 Å². The van der Waals surface area contributed by atoms with Crippen LogP contribution in [-0.4, -0.2) is 46.7 Å². The summed E-state index contributed by atoms with van der Waals surface area (Å²) in [5.74, 6) is 0.784. The third kappa shape index (κ3) is 2.12. The summed E-state index contributed by atoms with van der Waals surface area (Å²) in [4.78, 5) is 14.5. The molecule has 0 radical (unpaired) electrons. The molecule has 0 spiro atoms. The molecule has 2 aliphatic rings. The molecule has 1 aromatic carbocycles. The van der Waals surface area contributed by atoms with Crippen molar-refractivity contribution in [2.24, 2.45) is 11.8 Å². The van der Waals surface area contributed by atoms with E-state index in [1.165, 1.54) is 18.2 Å². The minimum Gasteiger partial charge on any atom is -0.508 e. The largest absolute Gasteiger partial charge is 0.508 e. The minimum absolute atomic E-state index is 0.0811.